The van der Waals surface area contributed by atoms with Crippen LogP contribution in [0.2, 0.25) is 0 Å². The van der Waals surface area contributed by atoms with E-state index in [-0.39, 0.29) is 0 Å². The zero-order valence-corrected chi connectivity index (χ0v) is 15.8. The molecular weight excluding hydrogens is 348 g/mol. The van der Waals surface area contributed by atoms with Gasteiger partial charge < -0.3 is 9.47 Å². The molecule has 0 spiro atoms. The van der Waals surface area contributed by atoms with Crippen molar-refractivity contribution >= 4 is 34.8 Å². The Bertz CT molecular complexity index is 837. The van der Waals surface area contributed by atoms with Crippen molar-refractivity contribution in [2.45, 2.75) is 31.0 Å². The van der Waals surface area contributed by atoms with Crippen molar-refractivity contribution in [1.82, 2.24) is 0 Å². The van der Waals surface area contributed by atoms with Crippen LogP contribution in [0.4, 0.5) is 0 Å². The Kier molecular flexibility index (Phi) is 5.18. The van der Waals surface area contributed by atoms with E-state index in [1.54, 1.807) is 11.8 Å². The third-order valence-electron chi connectivity index (χ3n) is 4.21. The Balaban J connectivity index is 2.13. The van der Waals surface area contributed by atoms with Crippen molar-refractivity contribution < 1.29 is 19.1 Å². The maximum absolute atomic E-state index is 11.7. The smallest absolute Gasteiger partial charge is 0.306 e. The Morgan fingerprint density at radius 2 is 1.46 bits per heavy atom. The molecule has 134 valence electrons. The van der Waals surface area contributed by atoms with Crippen LogP contribution < -0.4 is 0 Å². The number of thioether (sulfide) groups is 1. The average Bonchev–Trinajstić information content (AvgIpc) is 2.59. The Morgan fingerprint density at radius 1 is 0.885 bits per heavy atom. The van der Waals surface area contributed by atoms with Crippen molar-refractivity contribution in [1.29, 1.82) is 0 Å². The van der Waals surface area contributed by atoms with E-state index < -0.39 is 17.7 Å². The lowest BCUT2D eigenvalue weighted by Crippen LogP contribution is -2.46. The first-order chi connectivity index (χ1) is 12.4. The normalized spacial score (nSPS) is 15.2. The molecule has 0 fully saturated rings. The minimum Gasteiger partial charge on any atom is -0.418 e. The van der Waals surface area contributed by atoms with Gasteiger partial charge in [0.15, 0.2) is 0 Å². The van der Waals surface area contributed by atoms with Crippen LogP contribution in [0.25, 0.3) is 11.1 Å². The van der Waals surface area contributed by atoms with Crippen LogP contribution in [0.5, 0.6) is 0 Å². The fourth-order valence-electron chi connectivity index (χ4n) is 3.23. The first-order valence-electron chi connectivity index (χ1n) is 8.28. The highest BCUT2D eigenvalue weighted by molar-refractivity contribution is 7.98. The predicted octanol–water partition coefficient (Wildman–Crippen LogP) is 4.55. The van der Waals surface area contributed by atoms with Crippen molar-refractivity contribution in [2.75, 3.05) is 6.26 Å². The molecule has 0 heterocycles. The van der Waals surface area contributed by atoms with Gasteiger partial charge >= 0.3 is 11.9 Å². The highest BCUT2D eigenvalue weighted by atomic mass is 32.2. The van der Waals surface area contributed by atoms with Crippen molar-refractivity contribution in [2.24, 2.45) is 0 Å². The van der Waals surface area contributed by atoms with Gasteiger partial charge in [-0.1, -0.05) is 42.5 Å². The molecule has 0 unspecified atom stereocenters. The molecule has 0 radical (unpaired) electrons. The molecule has 26 heavy (non-hydrogen) atoms. The molecule has 2 aromatic carbocycles. The predicted molar refractivity (Wildman–Crippen MR) is 102 cm³/mol. The van der Waals surface area contributed by atoms with Crippen LogP contribution in [0.3, 0.4) is 0 Å². The maximum atomic E-state index is 11.7. The fourth-order valence-corrected chi connectivity index (χ4v) is 3.64. The number of carbonyl (C=O) groups is 2. The van der Waals surface area contributed by atoms with E-state index in [0.29, 0.717) is 6.42 Å². The summed E-state index contributed by atoms with van der Waals surface area (Å²) in [6, 6.07) is 17.7. The second-order valence-electron chi connectivity index (χ2n) is 6.07. The zero-order chi connectivity index (χ0) is 18.7. The van der Waals surface area contributed by atoms with Gasteiger partial charge in [0.05, 0.1) is 6.42 Å². The summed E-state index contributed by atoms with van der Waals surface area (Å²) in [6.07, 6.45) is 2.36. The third kappa shape index (κ3) is 3.53. The van der Waals surface area contributed by atoms with Crippen LogP contribution >= 0.6 is 11.8 Å². The number of hydrogen-bond donors (Lipinski definition) is 0. The molecule has 0 atom stereocenters. The van der Waals surface area contributed by atoms with E-state index in [0.717, 1.165) is 22.3 Å². The Morgan fingerprint density at radius 3 is 1.96 bits per heavy atom. The number of esters is 2. The van der Waals surface area contributed by atoms with Gasteiger partial charge in [0.1, 0.15) is 0 Å². The quantitative estimate of drug-likeness (QED) is 0.440. The molecule has 0 aromatic heterocycles. The summed E-state index contributed by atoms with van der Waals surface area (Å²) in [6.45, 7) is 2.64. The summed E-state index contributed by atoms with van der Waals surface area (Å²) in [5.74, 6) is -2.35. The van der Waals surface area contributed by atoms with E-state index >= 15 is 0 Å². The number of hydrogen-bond acceptors (Lipinski definition) is 5. The molecule has 3 rings (SSSR count). The molecule has 0 aliphatic heterocycles. The van der Waals surface area contributed by atoms with Crippen LogP contribution in [0.1, 0.15) is 31.4 Å². The topological polar surface area (TPSA) is 52.6 Å². The van der Waals surface area contributed by atoms with Crippen LogP contribution in [0.15, 0.2) is 59.5 Å². The first kappa shape index (κ1) is 18.3. The van der Waals surface area contributed by atoms with Gasteiger partial charge in [-0.25, -0.2) is 0 Å². The molecule has 2 aromatic rings. The number of ether oxygens (including phenoxy) is 2. The van der Waals surface area contributed by atoms with E-state index in [4.69, 9.17) is 9.47 Å². The van der Waals surface area contributed by atoms with E-state index in [1.807, 2.05) is 60.9 Å². The highest BCUT2D eigenvalue weighted by Gasteiger charge is 2.52. The summed E-state index contributed by atoms with van der Waals surface area (Å²) in [5, 5.41) is 0. The molecule has 1 aliphatic rings. The highest BCUT2D eigenvalue weighted by Crippen LogP contribution is 2.53. The fraction of sp³-hybridized carbons (Fsp3) is 0.238. The van der Waals surface area contributed by atoms with Gasteiger partial charge in [0, 0.05) is 24.3 Å². The van der Waals surface area contributed by atoms with Crippen molar-refractivity contribution in [3.05, 3.63) is 65.7 Å². The Hall–Kier alpha value is -2.53. The summed E-state index contributed by atoms with van der Waals surface area (Å²) in [5.41, 5.74) is 3.62. The van der Waals surface area contributed by atoms with Gasteiger partial charge in [0.25, 0.3) is 5.79 Å². The average molecular weight is 368 g/mol. The van der Waals surface area contributed by atoms with E-state index in [1.165, 1.54) is 18.7 Å². The van der Waals surface area contributed by atoms with Gasteiger partial charge in [-0.2, -0.15) is 0 Å². The number of benzene rings is 2. The van der Waals surface area contributed by atoms with Crippen molar-refractivity contribution in [3.8, 4) is 0 Å². The van der Waals surface area contributed by atoms with E-state index in [2.05, 4.69) is 0 Å². The number of carbonyl (C=O) groups excluding carboxylic acids is 2. The molecule has 1 aliphatic carbocycles. The molecule has 5 heteroatoms. The van der Waals surface area contributed by atoms with Crippen molar-refractivity contribution in [3.63, 3.8) is 0 Å². The standard InChI is InChI=1S/C21H20O4S/c1-14(22)24-21(25-15(2)23)13-19(16-9-11-18(26-3)12-10-16)20(21)17-7-5-4-6-8-17/h4-12H,13H2,1-3H3. The molecule has 0 N–H and O–H groups in total. The summed E-state index contributed by atoms with van der Waals surface area (Å²) < 4.78 is 11.0. The lowest BCUT2D eigenvalue weighted by molar-refractivity contribution is -0.207. The van der Waals surface area contributed by atoms with Crippen LogP contribution in [0, 0.1) is 0 Å². The molecular formula is C21H20O4S. The number of rotatable bonds is 5. The van der Waals surface area contributed by atoms with Crippen LogP contribution in [-0.4, -0.2) is 24.0 Å². The molecule has 0 saturated carbocycles. The first-order valence-corrected chi connectivity index (χ1v) is 9.50. The van der Waals surface area contributed by atoms with Gasteiger partial charge in [-0.3, -0.25) is 9.59 Å². The monoisotopic (exact) mass is 368 g/mol. The summed E-state index contributed by atoms with van der Waals surface area (Å²) in [4.78, 5) is 24.6. The molecule has 0 bridgehead atoms. The molecule has 0 amide bonds. The van der Waals surface area contributed by atoms with Gasteiger partial charge in [-0.05, 0) is 35.1 Å². The zero-order valence-electron chi connectivity index (χ0n) is 14.9. The lowest BCUT2D eigenvalue weighted by atomic mass is 9.74. The van der Waals surface area contributed by atoms with E-state index in [9.17, 15) is 9.59 Å². The van der Waals surface area contributed by atoms with Gasteiger partial charge in [0.2, 0.25) is 0 Å². The third-order valence-corrected chi connectivity index (χ3v) is 4.95. The minimum atomic E-state index is -1.37. The second kappa shape index (κ2) is 7.38. The largest absolute Gasteiger partial charge is 0.418 e. The SMILES string of the molecule is CSc1ccc(C2=C(c3ccccc3)C(OC(C)=O)(OC(C)=O)C2)cc1. The lowest BCUT2D eigenvalue weighted by Gasteiger charge is -2.43. The maximum Gasteiger partial charge on any atom is 0.306 e. The Labute approximate surface area is 157 Å². The minimum absolute atomic E-state index is 0.328. The van der Waals surface area contributed by atoms with Gasteiger partial charge in [-0.15, -0.1) is 11.8 Å². The van der Waals surface area contributed by atoms with Crippen LogP contribution in [-0.2, 0) is 19.1 Å². The summed E-state index contributed by atoms with van der Waals surface area (Å²) in [7, 11) is 0. The molecule has 0 saturated heterocycles. The summed E-state index contributed by atoms with van der Waals surface area (Å²) >= 11 is 1.67. The molecule has 4 nitrogen and oxygen atoms in total. The second-order valence-corrected chi connectivity index (χ2v) is 6.94.